The van der Waals surface area contributed by atoms with Crippen LogP contribution in [0, 0.1) is 12.3 Å². The van der Waals surface area contributed by atoms with Gasteiger partial charge in [0, 0.05) is 18.9 Å². The second-order valence-corrected chi connectivity index (χ2v) is 5.49. The van der Waals surface area contributed by atoms with Crippen LogP contribution in [0.2, 0.25) is 0 Å². The zero-order valence-electron chi connectivity index (χ0n) is 11.6. The lowest BCUT2D eigenvalue weighted by Gasteiger charge is -2.33. The van der Waals surface area contributed by atoms with E-state index < -0.39 is 0 Å². The van der Waals surface area contributed by atoms with Crippen LogP contribution in [0.5, 0.6) is 0 Å². The molecule has 1 heterocycles. The highest BCUT2D eigenvalue weighted by Crippen LogP contribution is 2.23. The smallest absolute Gasteiger partial charge is 0.0784 e. The molecule has 0 saturated carbocycles. The Bertz CT molecular complexity index is 362. The summed E-state index contributed by atoms with van der Waals surface area (Å²) in [6, 6.07) is 0.259. The molecule has 4 nitrogen and oxygen atoms in total. The second-order valence-electron chi connectivity index (χ2n) is 5.49. The van der Waals surface area contributed by atoms with E-state index in [-0.39, 0.29) is 11.5 Å². The van der Waals surface area contributed by atoms with E-state index in [2.05, 4.69) is 42.7 Å². The number of aromatic nitrogens is 2. The van der Waals surface area contributed by atoms with Gasteiger partial charge in [0.05, 0.1) is 17.4 Å². The molecule has 0 spiro atoms. The molecule has 1 aromatic heterocycles. The lowest BCUT2D eigenvalue weighted by atomic mass is 9.92. The number of hydrogen-bond donors (Lipinski definition) is 1. The highest BCUT2D eigenvalue weighted by Gasteiger charge is 2.23. The Morgan fingerprint density at radius 2 is 1.94 bits per heavy atom. The van der Waals surface area contributed by atoms with Crippen LogP contribution in [-0.4, -0.2) is 35.0 Å². The van der Waals surface area contributed by atoms with Crippen LogP contribution in [0.4, 0.5) is 0 Å². The Labute approximate surface area is 104 Å². The van der Waals surface area contributed by atoms with Gasteiger partial charge in [-0.15, -0.1) is 0 Å². The zero-order chi connectivity index (χ0) is 13.1. The standard InChI is InChI=1S/C13H24N4/c1-10-12(16-7-6-15-10)11(2)17(5)9-13(3,4)8-14/h6-7,11H,8-9,14H2,1-5H3. The van der Waals surface area contributed by atoms with Gasteiger partial charge in [-0.05, 0) is 32.9 Å². The molecule has 0 aromatic carbocycles. The number of nitrogens with two attached hydrogens (primary N) is 1. The molecule has 1 aromatic rings. The third kappa shape index (κ3) is 3.75. The van der Waals surface area contributed by atoms with Crippen molar-refractivity contribution in [3.63, 3.8) is 0 Å². The van der Waals surface area contributed by atoms with Gasteiger partial charge in [-0.3, -0.25) is 14.9 Å². The maximum atomic E-state index is 5.77. The monoisotopic (exact) mass is 236 g/mol. The van der Waals surface area contributed by atoms with E-state index in [1.165, 1.54) is 0 Å². The molecule has 96 valence electrons. The van der Waals surface area contributed by atoms with Gasteiger partial charge in [-0.1, -0.05) is 13.8 Å². The van der Waals surface area contributed by atoms with Crippen LogP contribution in [-0.2, 0) is 0 Å². The van der Waals surface area contributed by atoms with Crippen LogP contribution < -0.4 is 5.73 Å². The summed E-state index contributed by atoms with van der Waals surface area (Å²) in [5, 5.41) is 0. The minimum atomic E-state index is 0.124. The summed E-state index contributed by atoms with van der Waals surface area (Å²) in [7, 11) is 2.11. The van der Waals surface area contributed by atoms with E-state index in [0.29, 0.717) is 6.54 Å². The molecule has 2 N–H and O–H groups in total. The first kappa shape index (κ1) is 14.1. The SMILES string of the molecule is Cc1nccnc1C(C)N(C)CC(C)(C)CN. The Hall–Kier alpha value is -1.00. The molecule has 0 amide bonds. The minimum Gasteiger partial charge on any atom is -0.330 e. The molecule has 1 atom stereocenters. The lowest BCUT2D eigenvalue weighted by Crippen LogP contribution is -2.38. The summed E-state index contributed by atoms with van der Waals surface area (Å²) >= 11 is 0. The normalized spacial score (nSPS) is 14.1. The Morgan fingerprint density at radius 1 is 1.35 bits per heavy atom. The van der Waals surface area contributed by atoms with Crippen molar-refractivity contribution in [3.05, 3.63) is 23.8 Å². The van der Waals surface area contributed by atoms with Gasteiger partial charge in [-0.2, -0.15) is 0 Å². The molecular weight excluding hydrogens is 212 g/mol. The van der Waals surface area contributed by atoms with Crippen molar-refractivity contribution in [2.45, 2.75) is 33.7 Å². The predicted molar refractivity (Wildman–Crippen MR) is 70.6 cm³/mol. The Morgan fingerprint density at radius 3 is 2.47 bits per heavy atom. The van der Waals surface area contributed by atoms with Crippen LogP contribution in [0.15, 0.2) is 12.4 Å². The van der Waals surface area contributed by atoms with E-state index in [0.717, 1.165) is 17.9 Å². The first-order chi connectivity index (χ1) is 7.87. The third-order valence-electron chi connectivity index (χ3n) is 3.21. The second kappa shape index (κ2) is 5.56. The summed E-state index contributed by atoms with van der Waals surface area (Å²) < 4.78 is 0. The van der Waals surface area contributed by atoms with Crippen molar-refractivity contribution in [2.24, 2.45) is 11.1 Å². The summed E-state index contributed by atoms with van der Waals surface area (Å²) in [5.74, 6) is 0. The van der Waals surface area contributed by atoms with Gasteiger partial charge >= 0.3 is 0 Å². The molecule has 0 aliphatic rings. The molecule has 1 rings (SSSR count). The maximum absolute atomic E-state index is 5.77. The van der Waals surface area contributed by atoms with Crippen molar-refractivity contribution in [1.29, 1.82) is 0 Å². The average Bonchev–Trinajstić information content (AvgIpc) is 2.28. The molecule has 0 aliphatic heterocycles. The molecular formula is C13H24N4. The molecule has 0 saturated heterocycles. The fraction of sp³-hybridized carbons (Fsp3) is 0.692. The summed E-state index contributed by atoms with van der Waals surface area (Å²) in [4.78, 5) is 11.0. The summed E-state index contributed by atoms with van der Waals surface area (Å²) in [6.45, 7) is 10.1. The van der Waals surface area contributed by atoms with Crippen LogP contribution in [0.3, 0.4) is 0 Å². The zero-order valence-corrected chi connectivity index (χ0v) is 11.6. The molecule has 1 unspecified atom stereocenters. The maximum Gasteiger partial charge on any atom is 0.0784 e. The molecule has 4 heteroatoms. The highest BCUT2D eigenvalue weighted by atomic mass is 15.1. The number of rotatable bonds is 5. The van der Waals surface area contributed by atoms with Crippen LogP contribution >= 0.6 is 0 Å². The largest absolute Gasteiger partial charge is 0.330 e. The lowest BCUT2D eigenvalue weighted by molar-refractivity contribution is 0.171. The van der Waals surface area contributed by atoms with Crippen molar-refractivity contribution < 1.29 is 0 Å². The molecule has 0 radical (unpaired) electrons. The fourth-order valence-corrected chi connectivity index (χ4v) is 1.91. The summed E-state index contributed by atoms with van der Waals surface area (Å²) in [5.41, 5.74) is 7.93. The van der Waals surface area contributed by atoms with E-state index in [1.807, 2.05) is 6.92 Å². The number of aryl methyl sites for hydroxylation is 1. The summed E-state index contributed by atoms with van der Waals surface area (Å²) in [6.07, 6.45) is 3.48. The van der Waals surface area contributed by atoms with Crippen molar-refractivity contribution in [2.75, 3.05) is 20.1 Å². The van der Waals surface area contributed by atoms with Gasteiger partial charge < -0.3 is 5.73 Å². The van der Waals surface area contributed by atoms with Crippen molar-refractivity contribution in [3.8, 4) is 0 Å². The molecule has 17 heavy (non-hydrogen) atoms. The van der Waals surface area contributed by atoms with Crippen molar-refractivity contribution in [1.82, 2.24) is 14.9 Å². The number of nitrogens with zero attached hydrogens (tertiary/aromatic N) is 3. The van der Waals surface area contributed by atoms with Gasteiger partial charge in [-0.25, -0.2) is 0 Å². The first-order valence-corrected chi connectivity index (χ1v) is 6.05. The first-order valence-electron chi connectivity index (χ1n) is 6.05. The third-order valence-corrected chi connectivity index (χ3v) is 3.21. The quantitative estimate of drug-likeness (QED) is 0.846. The Kier molecular flexibility index (Phi) is 4.60. The van der Waals surface area contributed by atoms with E-state index in [9.17, 15) is 0 Å². The minimum absolute atomic E-state index is 0.124. The van der Waals surface area contributed by atoms with Gasteiger partial charge in [0.2, 0.25) is 0 Å². The molecule has 0 aliphatic carbocycles. The van der Waals surface area contributed by atoms with Crippen LogP contribution in [0.25, 0.3) is 0 Å². The predicted octanol–water partition coefficient (Wildman–Crippen LogP) is 1.76. The topological polar surface area (TPSA) is 55.0 Å². The van der Waals surface area contributed by atoms with E-state index in [4.69, 9.17) is 5.73 Å². The molecule has 0 fully saturated rings. The fourth-order valence-electron chi connectivity index (χ4n) is 1.91. The average molecular weight is 236 g/mol. The van der Waals surface area contributed by atoms with Crippen molar-refractivity contribution >= 4 is 0 Å². The molecule has 0 bridgehead atoms. The Balaban J connectivity index is 2.77. The highest BCUT2D eigenvalue weighted by molar-refractivity contribution is 5.12. The van der Waals surface area contributed by atoms with Gasteiger partial charge in [0.1, 0.15) is 0 Å². The van der Waals surface area contributed by atoms with Gasteiger partial charge in [0.15, 0.2) is 0 Å². The van der Waals surface area contributed by atoms with Gasteiger partial charge in [0.25, 0.3) is 0 Å². The van der Waals surface area contributed by atoms with E-state index >= 15 is 0 Å². The van der Waals surface area contributed by atoms with Crippen LogP contribution in [0.1, 0.15) is 38.2 Å². The van der Waals surface area contributed by atoms with E-state index in [1.54, 1.807) is 12.4 Å². The number of hydrogen-bond acceptors (Lipinski definition) is 4.